The van der Waals surface area contributed by atoms with Gasteiger partial charge in [-0.1, -0.05) is 0 Å². The Morgan fingerprint density at radius 2 is 1.92 bits per heavy atom. The van der Waals surface area contributed by atoms with Gasteiger partial charge in [-0.15, -0.1) is 0 Å². The number of ether oxygens (including phenoxy) is 3. The van der Waals surface area contributed by atoms with Crippen LogP contribution in [0.2, 0.25) is 0 Å². The molecule has 0 radical (unpaired) electrons. The second-order valence-electron chi connectivity index (χ2n) is 5.73. The topological polar surface area (TPSA) is 73.6 Å². The van der Waals surface area contributed by atoms with Crippen LogP contribution < -0.4 is 15.0 Å². The summed E-state index contributed by atoms with van der Waals surface area (Å²) >= 11 is 0. The van der Waals surface area contributed by atoms with E-state index in [-0.39, 0.29) is 11.9 Å². The largest absolute Gasteiger partial charge is 0.497 e. The summed E-state index contributed by atoms with van der Waals surface area (Å²) in [5, 5.41) is 2.72. The Hall–Kier alpha value is -2.12. The second kappa shape index (κ2) is 12.3. The first-order valence-corrected chi connectivity index (χ1v) is 8.56. The number of hydrogen-bond acceptors (Lipinski definition) is 5. The highest BCUT2D eigenvalue weighted by Crippen LogP contribution is 2.11. The molecule has 0 aromatic heterocycles. The predicted octanol–water partition coefficient (Wildman–Crippen LogP) is 0.369. The zero-order valence-corrected chi connectivity index (χ0v) is 15.6. The van der Waals surface area contributed by atoms with E-state index in [0.717, 1.165) is 13.0 Å². The maximum absolute atomic E-state index is 12.3. The van der Waals surface area contributed by atoms with Crippen LogP contribution >= 0.6 is 0 Å². The molecule has 2 N–H and O–H groups in total. The van der Waals surface area contributed by atoms with E-state index in [2.05, 4.69) is 24.4 Å². The second-order valence-corrected chi connectivity index (χ2v) is 5.73. The Labute approximate surface area is 150 Å². The van der Waals surface area contributed by atoms with Gasteiger partial charge in [-0.2, -0.15) is 0 Å². The van der Waals surface area contributed by atoms with Crippen LogP contribution in [0.4, 0.5) is 0 Å². The van der Waals surface area contributed by atoms with E-state index < -0.39 is 0 Å². The van der Waals surface area contributed by atoms with Gasteiger partial charge in [0, 0.05) is 25.1 Å². The molecule has 0 saturated heterocycles. The summed E-state index contributed by atoms with van der Waals surface area (Å²) in [4.78, 5) is 18.1. The number of rotatable bonds is 10. The third-order valence-corrected chi connectivity index (χ3v) is 3.33. The Morgan fingerprint density at radius 3 is 2.52 bits per heavy atom. The number of aliphatic imine (C=N–C) groups is 1. The highest BCUT2D eigenvalue weighted by atomic mass is 16.5. The molecule has 0 aliphatic heterocycles. The van der Waals surface area contributed by atoms with Crippen LogP contribution in [0.15, 0.2) is 29.3 Å². The fourth-order valence-corrected chi connectivity index (χ4v) is 1.99. The van der Waals surface area contributed by atoms with Crippen molar-refractivity contribution in [3.8, 4) is 5.75 Å². The van der Waals surface area contributed by atoms with Crippen molar-refractivity contribution in [2.45, 2.75) is 13.3 Å². The van der Waals surface area contributed by atoms with Gasteiger partial charge in [0.05, 0.1) is 34.4 Å². The number of amidine groups is 1. The van der Waals surface area contributed by atoms with E-state index in [0.29, 0.717) is 37.7 Å². The number of carbonyl (C=O) groups is 1. The first-order chi connectivity index (χ1) is 12.1. The molecule has 0 bridgehead atoms. The highest BCUT2D eigenvalue weighted by molar-refractivity contribution is 6.04. The molecule has 1 rings (SSSR count). The molecule has 25 heavy (non-hydrogen) atoms. The lowest BCUT2D eigenvalue weighted by Gasteiger charge is -2.11. The standard InChI is InChI=1S/C18H29N3O4/c1-5-24-13-14-25-18(19-11-6-12-21(2)3)20-17(22)15-7-9-16(23-4)10-8-15/h7-10H,5-6,11-14H2,1-4H3,(H,19,20,22)/p+1. The molecule has 0 unspecified atom stereocenters. The zero-order chi connectivity index (χ0) is 18.5. The zero-order valence-electron chi connectivity index (χ0n) is 15.6. The van der Waals surface area contributed by atoms with Crippen molar-refractivity contribution in [1.82, 2.24) is 5.32 Å². The molecule has 0 aliphatic carbocycles. The predicted molar refractivity (Wildman–Crippen MR) is 97.5 cm³/mol. The third kappa shape index (κ3) is 9.07. The van der Waals surface area contributed by atoms with E-state index in [1.807, 2.05) is 6.92 Å². The average Bonchev–Trinajstić information content (AvgIpc) is 2.61. The smallest absolute Gasteiger partial charge is 0.291 e. The van der Waals surface area contributed by atoms with E-state index in [9.17, 15) is 4.79 Å². The Bertz CT molecular complexity index is 530. The molecule has 0 heterocycles. The average molecular weight is 352 g/mol. The molecule has 0 aliphatic rings. The Morgan fingerprint density at radius 1 is 1.20 bits per heavy atom. The normalized spacial score (nSPS) is 11.5. The number of hydrogen-bond donors (Lipinski definition) is 2. The van der Waals surface area contributed by atoms with Crippen molar-refractivity contribution in [3.63, 3.8) is 0 Å². The van der Waals surface area contributed by atoms with E-state index >= 15 is 0 Å². The molecule has 1 aromatic carbocycles. The first-order valence-electron chi connectivity index (χ1n) is 8.56. The van der Waals surface area contributed by atoms with Crippen molar-refractivity contribution < 1.29 is 23.9 Å². The fourth-order valence-electron chi connectivity index (χ4n) is 1.99. The summed E-state index contributed by atoms with van der Waals surface area (Å²) in [6, 6.07) is 7.10. The molecule has 0 saturated carbocycles. The van der Waals surface area contributed by atoms with Gasteiger partial charge in [0.25, 0.3) is 11.9 Å². The van der Waals surface area contributed by atoms with Crippen molar-refractivity contribution >= 4 is 11.9 Å². The summed E-state index contributed by atoms with van der Waals surface area (Å²) < 4.78 is 15.9. The minimum Gasteiger partial charge on any atom is -0.497 e. The lowest BCUT2D eigenvalue weighted by atomic mass is 10.2. The van der Waals surface area contributed by atoms with Gasteiger partial charge in [-0.05, 0) is 31.2 Å². The summed E-state index contributed by atoms with van der Waals surface area (Å²) in [7, 11) is 5.77. The van der Waals surface area contributed by atoms with Crippen LogP contribution in [0.5, 0.6) is 5.75 Å². The maximum Gasteiger partial charge on any atom is 0.291 e. The van der Waals surface area contributed by atoms with E-state index in [1.165, 1.54) is 4.90 Å². The third-order valence-electron chi connectivity index (χ3n) is 3.33. The van der Waals surface area contributed by atoms with Crippen molar-refractivity contribution in [2.24, 2.45) is 4.99 Å². The molecule has 0 fully saturated rings. The van der Waals surface area contributed by atoms with Crippen molar-refractivity contribution in [2.75, 3.05) is 54.1 Å². The number of methoxy groups -OCH3 is 1. The summed E-state index contributed by atoms with van der Waals surface area (Å²) in [6.45, 7) is 4.94. The number of nitrogens with one attached hydrogen (secondary N) is 2. The maximum atomic E-state index is 12.3. The fraction of sp³-hybridized carbons (Fsp3) is 0.556. The molecule has 1 amide bonds. The van der Waals surface area contributed by atoms with Crippen LogP contribution in [-0.2, 0) is 9.47 Å². The minimum absolute atomic E-state index is 0.231. The SMILES string of the molecule is CCOCCOC(=NCCC[NH+](C)C)NC(=O)c1ccc(OC)cc1. The van der Waals surface area contributed by atoms with Gasteiger partial charge < -0.3 is 19.1 Å². The monoisotopic (exact) mass is 352 g/mol. The quantitative estimate of drug-likeness (QED) is 0.362. The lowest BCUT2D eigenvalue weighted by Crippen LogP contribution is -3.05. The number of nitrogens with zero attached hydrogens (tertiary/aromatic N) is 1. The summed E-state index contributed by atoms with van der Waals surface area (Å²) in [5.41, 5.74) is 0.514. The van der Waals surface area contributed by atoms with Gasteiger partial charge in [0.1, 0.15) is 12.4 Å². The molecule has 1 aromatic rings. The Kier molecular flexibility index (Phi) is 10.3. The van der Waals surface area contributed by atoms with Gasteiger partial charge in [0.15, 0.2) is 0 Å². The van der Waals surface area contributed by atoms with Crippen LogP contribution in [0.25, 0.3) is 0 Å². The molecule has 0 spiro atoms. The number of amides is 1. The van der Waals surface area contributed by atoms with Gasteiger partial charge in [-0.25, -0.2) is 4.99 Å². The van der Waals surface area contributed by atoms with E-state index in [4.69, 9.17) is 14.2 Å². The van der Waals surface area contributed by atoms with Crippen molar-refractivity contribution in [3.05, 3.63) is 29.8 Å². The van der Waals surface area contributed by atoms with Crippen molar-refractivity contribution in [1.29, 1.82) is 0 Å². The summed E-state index contributed by atoms with van der Waals surface area (Å²) in [6.07, 6.45) is 0.916. The molecule has 0 atom stereocenters. The molecular formula is C18H30N3O4+. The number of benzene rings is 1. The van der Waals surface area contributed by atoms with Crippen LogP contribution in [0.1, 0.15) is 23.7 Å². The van der Waals surface area contributed by atoms with Crippen LogP contribution in [0, 0.1) is 0 Å². The minimum atomic E-state index is -0.268. The highest BCUT2D eigenvalue weighted by Gasteiger charge is 2.10. The molecular weight excluding hydrogens is 322 g/mol. The number of quaternary nitrogens is 1. The molecule has 7 nitrogen and oxygen atoms in total. The van der Waals surface area contributed by atoms with E-state index in [1.54, 1.807) is 31.4 Å². The molecule has 7 heteroatoms. The van der Waals surface area contributed by atoms with Gasteiger partial charge in [-0.3, -0.25) is 10.1 Å². The van der Waals surface area contributed by atoms with Gasteiger partial charge >= 0.3 is 0 Å². The first kappa shape index (κ1) is 20.9. The molecule has 140 valence electrons. The van der Waals surface area contributed by atoms with Crippen LogP contribution in [0.3, 0.4) is 0 Å². The van der Waals surface area contributed by atoms with Gasteiger partial charge in [0.2, 0.25) is 0 Å². The number of carbonyl (C=O) groups excluding carboxylic acids is 1. The lowest BCUT2D eigenvalue weighted by molar-refractivity contribution is -0.858. The van der Waals surface area contributed by atoms with Crippen LogP contribution in [-0.4, -0.2) is 66.0 Å². The Balaban J connectivity index is 2.62. The summed E-state index contributed by atoms with van der Waals surface area (Å²) in [5.74, 6) is 0.431.